The van der Waals surface area contributed by atoms with Gasteiger partial charge in [-0.1, -0.05) is 67.3 Å². The molecule has 1 nitrogen and oxygen atoms in total. The predicted molar refractivity (Wildman–Crippen MR) is 111 cm³/mol. The third-order valence-electron chi connectivity index (χ3n) is 6.38. The smallest absolute Gasteiger partial charge is 0.0991 e. The van der Waals surface area contributed by atoms with Gasteiger partial charge in [0.1, 0.15) is 0 Å². The Morgan fingerprint density at radius 3 is 2.22 bits per heavy atom. The van der Waals surface area contributed by atoms with Crippen molar-refractivity contribution < 1.29 is 0 Å². The van der Waals surface area contributed by atoms with Crippen LogP contribution in [0.3, 0.4) is 0 Å². The molecule has 5 rings (SSSR count). The van der Waals surface area contributed by atoms with Crippen molar-refractivity contribution in [1.82, 2.24) is 0 Å². The maximum Gasteiger partial charge on any atom is 0.0991 e. The van der Waals surface area contributed by atoms with E-state index in [1.54, 1.807) is 0 Å². The number of hydrogen-bond donors (Lipinski definition) is 0. The van der Waals surface area contributed by atoms with E-state index in [0.717, 1.165) is 29.0 Å². The number of nitriles is 1. The first-order valence-corrected chi connectivity index (χ1v) is 10.1. The normalized spacial score (nSPS) is 16.6. The molecule has 0 bridgehead atoms. The second-order valence-electron chi connectivity index (χ2n) is 7.76. The summed E-state index contributed by atoms with van der Waals surface area (Å²) in [5.74, 6) is 0. The van der Waals surface area contributed by atoms with Gasteiger partial charge in [-0.05, 0) is 64.9 Å². The van der Waals surface area contributed by atoms with Gasteiger partial charge in [0.15, 0.2) is 0 Å². The minimum absolute atomic E-state index is 0.0487. The van der Waals surface area contributed by atoms with Crippen LogP contribution in [-0.4, -0.2) is 0 Å². The number of fused-ring (bicyclic) bond motifs is 5. The maximum absolute atomic E-state index is 9.43. The molecule has 0 heterocycles. The molecule has 0 saturated heterocycles. The van der Waals surface area contributed by atoms with Gasteiger partial charge in [-0.25, -0.2) is 0 Å². The number of halogens is 1. The lowest BCUT2D eigenvalue weighted by Gasteiger charge is -2.36. The van der Waals surface area contributed by atoms with Crippen molar-refractivity contribution >= 4 is 11.6 Å². The number of hydrogen-bond acceptors (Lipinski definition) is 1. The second-order valence-corrected chi connectivity index (χ2v) is 8.16. The van der Waals surface area contributed by atoms with Crippen molar-refractivity contribution in [3.8, 4) is 28.3 Å². The number of rotatable bonds is 1. The first-order valence-electron chi connectivity index (χ1n) is 9.67. The molecular weight excluding hydrogens is 350 g/mol. The highest BCUT2D eigenvalue weighted by Crippen LogP contribution is 2.56. The van der Waals surface area contributed by atoms with Crippen LogP contribution in [0.1, 0.15) is 48.8 Å². The van der Waals surface area contributed by atoms with E-state index in [4.69, 9.17) is 11.6 Å². The average Bonchev–Trinajstić information content (AvgIpc) is 2.97. The van der Waals surface area contributed by atoms with Crippen LogP contribution in [0.15, 0.2) is 60.7 Å². The van der Waals surface area contributed by atoms with Gasteiger partial charge >= 0.3 is 0 Å². The van der Waals surface area contributed by atoms with Crippen molar-refractivity contribution in [2.75, 3.05) is 0 Å². The Morgan fingerprint density at radius 2 is 1.48 bits per heavy atom. The van der Waals surface area contributed by atoms with E-state index in [0.29, 0.717) is 0 Å². The third-order valence-corrected chi connectivity index (χ3v) is 6.71. The van der Waals surface area contributed by atoms with Crippen LogP contribution in [-0.2, 0) is 5.41 Å². The minimum atomic E-state index is 0.0487. The first-order chi connectivity index (χ1) is 13.2. The molecule has 3 aromatic carbocycles. The van der Waals surface area contributed by atoms with E-state index in [9.17, 15) is 5.26 Å². The lowest BCUT2D eigenvalue weighted by atomic mass is 9.67. The fourth-order valence-electron chi connectivity index (χ4n) is 5.12. The Bertz CT molecular complexity index is 1080. The van der Waals surface area contributed by atoms with E-state index in [1.165, 1.54) is 47.1 Å². The molecule has 0 aliphatic heterocycles. The van der Waals surface area contributed by atoms with Crippen LogP contribution in [0.25, 0.3) is 22.3 Å². The third kappa shape index (κ3) is 2.44. The zero-order chi connectivity index (χ0) is 18.4. The summed E-state index contributed by atoms with van der Waals surface area (Å²) < 4.78 is 0. The Hall–Kier alpha value is -2.56. The predicted octanol–water partition coefficient (Wildman–Crippen LogP) is 7.11. The van der Waals surface area contributed by atoms with E-state index in [2.05, 4.69) is 42.5 Å². The monoisotopic (exact) mass is 369 g/mol. The van der Waals surface area contributed by atoms with Crippen LogP contribution in [0, 0.1) is 11.3 Å². The molecule has 1 fully saturated rings. The van der Waals surface area contributed by atoms with Crippen molar-refractivity contribution in [3.63, 3.8) is 0 Å². The summed E-state index contributed by atoms with van der Waals surface area (Å²) in [6.07, 6.45) is 6.11. The van der Waals surface area contributed by atoms with Crippen molar-refractivity contribution in [1.29, 1.82) is 5.26 Å². The summed E-state index contributed by atoms with van der Waals surface area (Å²) in [6.45, 7) is 0. The molecule has 2 aliphatic carbocycles. The van der Waals surface area contributed by atoms with Crippen LogP contribution in [0.2, 0.25) is 5.02 Å². The summed E-state index contributed by atoms with van der Waals surface area (Å²) in [6, 6.07) is 23.4. The zero-order valence-electron chi connectivity index (χ0n) is 15.1. The lowest BCUT2D eigenvalue weighted by molar-refractivity contribution is 0.353. The summed E-state index contributed by atoms with van der Waals surface area (Å²) in [7, 11) is 0. The molecule has 0 unspecified atom stereocenters. The number of nitrogens with zero attached hydrogens (tertiary/aromatic N) is 1. The number of benzene rings is 3. The highest BCUT2D eigenvalue weighted by atomic mass is 35.5. The fraction of sp³-hybridized carbons (Fsp3) is 0.240. The van der Waals surface area contributed by atoms with Crippen molar-refractivity contribution in [3.05, 3.63) is 82.4 Å². The molecule has 0 aromatic heterocycles. The zero-order valence-corrected chi connectivity index (χ0v) is 15.9. The molecule has 0 radical (unpaired) electrons. The van der Waals surface area contributed by atoms with Gasteiger partial charge in [0.2, 0.25) is 0 Å². The summed E-state index contributed by atoms with van der Waals surface area (Å²) in [5.41, 5.74) is 8.48. The molecule has 0 atom stereocenters. The van der Waals surface area contributed by atoms with Gasteiger partial charge in [-0.2, -0.15) is 5.26 Å². The molecule has 2 aliphatic rings. The fourth-order valence-corrected chi connectivity index (χ4v) is 5.37. The molecule has 0 N–H and O–H groups in total. The highest BCUT2D eigenvalue weighted by molar-refractivity contribution is 6.33. The topological polar surface area (TPSA) is 23.8 Å². The summed E-state index contributed by atoms with van der Waals surface area (Å²) in [4.78, 5) is 0. The van der Waals surface area contributed by atoms with Crippen LogP contribution < -0.4 is 0 Å². The van der Waals surface area contributed by atoms with Gasteiger partial charge in [-0.3, -0.25) is 0 Å². The highest BCUT2D eigenvalue weighted by Gasteiger charge is 2.43. The summed E-state index contributed by atoms with van der Waals surface area (Å²) >= 11 is 6.48. The Balaban J connectivity index is 1.75. The molecule has 27 heavy (non-hydrogen) atoms. The second kappa shape index (κ2) is 6.25. The molecule has 132 valence electrons. The summed E-state index contributed by atoms with van der Waals surface area (Å²) in [5, 5.41) is 10.2. The molecular formula is C25H20ClN. The molecule has 1 spiro atoms. The Kier molecular flexibility index (Phi) is 3.85. The molecule has 0 amide bonds. The van der Waals surface area contributed by atoms with Gasteiger partial charge < -0.3 is 0 Å². The quantitative estimate of drug-likeness (QED) is 0.448. The van der Waals surface area contributed by atoms with Crippen LogP contribution >= 0.6 is 11.6 Å². The van der Waals surface area contributed by atoms with Crippen molar-refractivity contribution in [2.45, 2.75) is 37.5 Å². The first kappa shape index (κ1) is 16.6. The van der Waals surface area contributed by atoms with Crippen molar-refractivity contribution in [2.24, 2.45) is 0 Å². The van der Waals surface area contributed by atoms with Gasteiger partial charge in [0.05, 0.1) is 11.6 Å². The van der Waals surface area contributed by atoms with Gasteiger partial charge in [0, 0.05) is 16.0 Å². The largest absolute Gasteiger partial charge is 0.192 e. The van der Waals surface area contributed by atoms with Gasteiger partial charge in [-0.15, -0.1) is 0 Å². The Labute approximate surface area is 165 Å². The van der Waals surface area contributed by atoms with Crippen LogP contribution in [0.5, 0.6) is 0 Å². The van der Waals surface area contributed by atoms with E-state index in [-0.39, 0.29) is 5.41 Å². The molecule has 2 heteroatoms. The maximum atomic E-state index is 9.43. The average molecular weight is 370 g/mol. The molecule has 3 aromatic rings. The van der Waals surface area contributed by atoms with E-state index >= 15 is 0 Å². The van der Waals surface area contributed by atoms with E-state index in [1.807, 2.05) is 24.3 Å². The van der Waals surface area contributed by atoms with E-state index < -0.39 is 0 Å². The SMILES string of the molecule is N#Cc1ccc2c(c1)C1(CCCCC1)c1cc(-c3ccccc3Cl)ccc1-2. The Morgan fingerprint density at radius 1 is 0.778 bits per heavy atom. The van der Waals surface area contributed by atoms with Gasteiger partial charge in [0.25, 0.3) is 0 Å². The minimum Gasteiger partial charge on any atom is -0.192 e. The molecule has 1 saturated carbocycles. The standard InChI is InChI=1S/C25H20ClN/c26-24-7-3-2-6-19(24)18-9-11-21-20-10-8-17(16-27)14-22(20)25(23(21)15-18)12-4-1-5-13-25/h2-3,6-11,14-15H,1,4-5,12-13H2. The lowest BCUT2D eigenvalue weighted by Crippen LogP contribution is -2.28. The van der Waals surface area contributed by atoms with Crippen LogP contribution in [0.4, 0.5) is 0 Å².